The predicted molar refractivity (Wildman–Crippen MR) is 33.3 cm³/mol. The Labute approximate surface area is 62.4 Å². The molecule has 1 fully saturated rings. The van der Waals surface area contributed by atoms with E-state index in [4.69, 9.17) is 9.15 Å². The van der Waals surface area contributed by atoms with Gasteiger partial charge in [0.25, 0.3) is 0 Å². The van der Waals surface area contributed by atoms with Crippen molar-refractivity contribution >= 4 is 5.91 Å². The Balaban J connectivity index is 2.13. The quantitative estimate of drug-likeness (QED) is 0.609. The molecule has 0 spiro atoms. The molecule has 1 saturated heterocycles. The normalized spacial score (nSPS) is 23.6. The lowest BCUT2D eigenvalue weighted by Crippen LogP contribution is -2.19. The third kappa shape index (κ3) is 1.10. The van der Waals surface area contributed by atoms with Crippen LogP contribution < -0.4 is 5.32 Å². The number of nitrogens with zero attached hydrogens (tertiary/aromatic N) is 1. The summed E-state index contributed by atoms with van der Waals surface area (Å²) in [5.74, 6) is 0.240. The van der Waals surface area contributed by atoms with Crippen molar-refractivity contribution in [3.05, 3.63) is 18.4 Å². The van der Waals surface area contributed by atoms with Gasteiger partial charge in [0.05, 0.1) is 6.20 Å². The second-order valence-corrected chi connectivity index (χ2v) is 2.13. The molecule has 1 aliphatic heterocycles. The summed E-state index contributed by atoms with van der Waals surface area (Å²) in [5.41, 5.74) is 0. The van der Waals surface area contributed by atoms with Crippen molar-refractivity contribution in [3.8, 4) is 0 Å². The molecule has 0 aromatic carbocycles. The van der Waals surface area contributed by atoms with E-state index in [2.05, 4.69) is 10.3 Å². The minimum atomic E-state index is -0.502. The fourth-order valence-corrected chi connectivity index (χ4v) is 0.886. The second kappa shape index (κ2) is 2.35. The second-order valence-electron chi connectivity index (χ2n) is 2.13. The van der Waals surface area contributed by atoms with Crippen LogP contribution in [-0.2, 0) is 9.53 Å². The van der Waals surface area contributed by atoms with Gasteiger partial charge in [-0.2, -0.15) is 0 Å². The maximum atomic E-state index is 10.6. The molecule has 5 nitrogen and oxygen atoms in total. The Hall–Kier alpha value is -1.36. The van der Waals surface area contributed by atoms with Crippen LogP contribution in [0, 0.1) is 0 Å². The highest BCUT2D eigenvalue weighted by Crippen LogP contribution is 2.15. The number of nitrogens with one attached hydrogen (secondary N) is 1. The third-order valence-corrected chi connectivity index (χ3v) is 1.35. The predicted octanol–water partition coefficient (Wildman–Crippen LogP) is -0.180. The van der Waals surface area contributed by atoms with Gasteiger partial charge in [-0.1, -0.05) is 0 Å². The largest absolute Gasteiger partial charge is 0.445 e. The first-order valence-corrected chi connectivity index (χ1v) is 3.16. The van der Waals surface area contributed by atoms with Gasteiger partial charge in [-0.15, -0.1) is 0 Å². The van der Waals surface area contributed by atoms with Gasteiger partial charge in [0.2, 0.25) is 18.0 Å². The number of carbonyl (C=O) groups is 1. The first kappa shape index (κ1) is 6.36. The van der Waals surface area contributed by atoms with E-state index in [0.717, 1.165) is 0 Å². The Kier molecular flexibility index (Phi) is 1.36. The number of aromatic nitrogens is 1. The van der Waals surface area contributed by atoms with Crippen LogP contribution in [0.15, 0.2) is 16.9 Å². The van der Waals surface area contributed by atoms with E-state index in [1.54, 1.807) is 0 Å². The monoisotopic (exact) mass is 154 g/mol. The number of hydrogen-bond donors (Lipinski definition) is 1. The molecule has 1 unspecified atom stereocenters. The zero-order valence-corrected chi connectivity index (χ0v) is 5.61. The maximum Gasteiger partial charge on any atom is 0.248 e. The SMILES string of the molecule is O=C1COC(c2ncco2)N1. The average molecular weight is 154 g/mol. The lowest BCUT2D eigenvalue weighted by Gasteiger charge is -2.01. The summed E-state index contributed by atoms with van der Waals surface area (Å²) in [6.07, 6.45) is 2.43. The molecule has 1 aromatic heterocycles. The van der Waals surface area contributed by atoms with Crippen molar-refractivity contribution in [2.24, 2.45) is 0 Å². The zero-order valence-electron chi connectivity index (χ0n) is 5.61. The first-order valence-electron chi connectivity index (χ1n) is 3.16. The number of amides is 1. The number of ether oxygens (including phenoxy) is 1. The molecule has 1 atom stereocenters. The van der Waals surface area contributed by atoms with Gasteiger partial charge in [0, 0.05) is 0 Å². The fraction of sp³-hybridized carbons (Fsp3) is 0.333. The van der Waals surface area contributed by atoms with Gasteiger partial charge in [-0.3, -0.25) is 4.79 Å². The van der Waals surface area contributed by atoms with Gasteiger partial charge < -0.3 is 14.5 Å². The lowest BCUT2D eigenvalue weighted by atomic mass is 10.5. The van der Waals surface area contributed by atoms with Crippen molar-refractivity contribution in [3.63, 3.8) is 0 Å². The van der Waals surface area contributed by atoms with Crippen molar-refractivity contribution in [2.75, 3.05) is 6.61 Å². The van der Waals surface area contributed by atoms with E-state index in [1.165, 1.54) is 12.5 Å². The molecule has 2 rings (SSSR count). The van der Waals surface area contributed by atoms with Gasteiger partial charge in [-0.25, -0.2) is 4.98 Å². The molecule has 11 heavy (non-hydrogen) atoms. The van der Waals surface area contributed by atoms with Crippen LogP contribution in [0.25, 0.3) is 0 Å². The molecule has 1 aliphatic rings. The highest BCUT2D eigenvalue weighted by molar-refractivity contribution is 5.78. The van der Waals surface area contributed by atoms with Gasteiger partial charge in [0.15, 0.2) is 0 Å². The summed E-state index contributed by atoms with van der Waals surface area (Å²) in [7, 11) is 0. The average Bonchev–Trinajstić information content (AvgIpc) is 2.55. The Morgan fingerprint density at radius 2 is 2.64 bits per heavy atom. The molecule has 1 aromatic rings. The molecule has 0 aliphatic carbocycles. The Morgan fingerprint density at radius 3 is 3.18 bits per heavy atom. The highest BCUT2D eigenvalue weighted by atomic mass is 16.5. The molecule has 1 amide bonds. The van der Waals surface area contributed by atoms with Crippen molar-refractivity contribution in [1.82, 2.24) is 10.3 Å². The summed E-state index contributed by atoms with van der Waals surface area (Å²) in [6.45, 7) is 0.0764. The molecule has 58 valence electrons. The summed E-state index contributed by atoms with van der Waals surface area (Å²) < 4.78 is 9.91. The van der Waals surface area contributed by atoms with E-state index < -0.39 is 6.23 Å². The fourth-order valence-electron chi connectivity index (χ4n) is 0.886. The minimum absolute atomic E-state index is 0.0764. The molecule has 5 heteroatoms. The molecular weight excluding hydrogens is 148 g/mol. The smallest absolute Gasteiger partial charge is 0.248 e. The Morgan fingerprint density at radius 1 is 1.73 bits per heavy atom. The number of rotatable bonds is 1. The van der Waals surface area contributed by atoms with Crippen LogP contribution in [0.4, 0.5) is 0 Å². The van der Waals surface area contributed by atoms with E-state index >= 15 is 0 Å². The highest BCUT2D eigenvalue weighted by Gasteiger charge is 2.25. The van der Waals surface area contributed by atoms with Crippen molar-refractivity contribution in [2.45, 2.75) is 6.23 Å². The van der Waals surface area contributed by atoms with E-state index in [9.17, 15) is 4.79 Å². The summed E-state index contributed by atoms with van der Waals surface area (Å²) >= 11 is 0. The molecule has 2 heterocycles. The van der Waals surface area contributed by atoms with E-state index in [0.29, 0.717) is 5.89 Å². The lowest BCUT2D eigenvalue weighted by molar-refractivity contribution is -0.119. The standard InChI is InChI=1S/C6H6N2O3/c9-4-3-11-6(8-4)5-7-1-2-10-5/h1-2,6H,3H2,(H,8,9). The van der Waals surface area contributed by atoms with Crippen LogP contribution in [0.2, 0.25) is 0 Å². The number of carbonyl (C=O) groups excluding carboxylic acids is 1. The molecule has 1 N–H and O–H groups in total. The summed E-state index contributed by atoms with van der Waals surface area (Å²) in [6, 6.07) is 0. The molecule has 0 bridgehead atoms. The van der Waals surface area contributed by atoms with Crippen LogP contribution in [0.1, 0.15) is 12.1 Å². The number of oxazole rings is 1. The van der Waals surface area contributed by atoms with Gasteiger partial charge >= 0.3 is 0 Å². The zero-order chi connectivity index (χ0) is 7.68. The van der Waals surface area contributed by atoms with Crippen LogP contribution >= 0.6 is 0 Å². The molecule has 0 saturated carbocycles. The first-order chi connectivity index (χ1) is 5.36. The minimum Gasteiger partial charge on any atom is -0.445 e. The Bertz CT molecular complexity index is 257. The maximum absolute atomic E-state index is 10.6. The third-order valence-electron chi connectivity index (χ3n) is 1.35. The molecule has 0 radical (unpaired) electrons. The summed E-state index contributed by atoms with van der Waals surface area (Å²) in [4.78, 5) is 14.5. The van der Waals surface area contributed by atoms with E-state index in [-0.39, 0.29) is 12.5 Å². The summed E-state index contributed by atoms with van der Waals surface area (Å²) in [5, 5.41) is 2.54. The van der Waals surface area contributed by atoms with E-state index in [1.807, 2.05) is 0 Å². The topological polar surface area (TPSA) is 64.4 Å². The van der Waals surface area contributed by atoms with Crippen molar-refractivity contribution < 1.29 is 13.9 Å². The van der Waals surface area contributed by atoms with Crippen molar-refractivity contribution in [1.29, 1.82) is 0 Å². The van der Waals surface area contributed by atoms with Gasteiger partial charge in [-0.05, 0) is 0 Å². The van der Waals surface area contributed by atoms with Crippen LogP contribution in [0.5, 0.6) is 0 Å². The number of hydrogen-bond acceptors (Lipinski definition) is 4. The molecular formula is C6H6N2O3. The van der Waals surface area contributed by atoms with Gasteiger partial charge in [0.1, 0.15) is 12.9 Å². The van der Waals surface area contributed by atoms with Crippen LogP contribution in [-0.4, -0.2) is 17.5 Å². The van der Waals surface area contributed by atoms with Crippen LogP contribution in [0.3, 0.4) is 0 Å².